The molecule has 0 aromatic carbocycles. The molecule has 0 aromatic rings. The van der Waals surface area contributed by atoms with E-state index in [1.54, 1.807) is 6.08 Å². The van der Waals surface area contributed by atoms with Crippen LogP contribution in [0.25, 0.3) is 0 Å². The number of carboxylic acid groups (broad SMARTS) is 1. The fourth-order valence-electron chi connectivity index (χ4n) is 0.933. The first-order valence-corrected chi connectivity index (χ1v) is 3.54. The van der Waals surface area contributed by atoms with Gasteiger partial charge in [-0.15, -0.1) is 0 Å². The fraction of sp³-hybridized carbons (Fsp3) is 0.222. The number of carboxylic acids is 1. The van der Waals surface area contributed by atoms with Crippen LogP contribution < -0.4 is 0 Å². The standard InChI is InChI=1S/C9H10O2/c10-9(11)7-6-8-4-2-1-3-5-8/h1-2,5-7H,3-4H2,(H,10,11)/b7-6+. The predicted molar refractivity (Wildman–Crippen MR) is 43.2 cm³/mol. The molecular formula is C9H10O2. The van der Waals surface area contributed by atoms with Crippen molar-refractivity contribution in [1.82, 2.24) is 0 Å². The second-order valence-corrected chi connectivity index (χ2v) is 2.36. The van der Waals surface area contributed by atoms with Gasteiger partial charge in [0.05, 0.1) is 0 Å². The number of carbonyl (C=O) groups is 1. The molecule has 1 rings (SSSR count). The van der Waals surface area contributed by atoms with Crippen LogP contribution in [-0.4, -0.2) is 11.1 Å². The van der Waals surface area contributed by atoms with Crippen molar-refractivity contribution in [2.24, 2.45) is 0 Å². The lowest BCUT2D eigenvalue weighted by atomic mass is 10.1. The lowest BCUT2D eigenvalue weighted by Crippen LogP contribution is -1.88. The van der Waals surface area contributed by atoms with Gasteiger partial charge in [-0.2, -0.15) is 0 Å². The van der Waals surface area contributed by atoms with E-state index in [1.807, 2.05) is 12.2 Å². The van der Waals surface area contributed by atoms with Gasteiger partial charge in [0.2, 0.25) is 0 Å². The summed E-state index contributed by atoms with van der Waals surface area (Å²) in [5.74, 6) is -0.888. The van der Waals surface area contributed by atoms with Gasteiger partial charge in [0.25, 0.3) is 0 Å². The molecule has 1 aliphatic carbocycles. The molecular weight excluding hydrogens is 140 g/mol. The molecule has 1 N–H and O–H groups in total. The van der Waals surface area contributed by atoms with E-state index in [0.717, 1.165) is 18.4 Å². The predicted octanol–water partition coefficient (Wildman–Crippen LogP) is 1.90. The van der Waals surface area contributed by atoms with Crippen molar-refractivity contribution < 1.29 is 9.90 Å². The average Bonchev–Trinajstić information content (AvgIpc) is 2.03. The summed E-state index contributed by atoms with van der Waals surface area (Å²) in [5, 5.41) is 8.31. The molecule has 0 radical (unpaired) electrons. The third-order valence-electron chi connectivity index (χ3n) is 1.48. The largest absolute Gasteiger partial charge is 0.478 e. The molecule has 0 saturated heterocycles. The third kappa shape index (κ3) is 2.85. The molecule has 0 spiro atoms. The Bertz CT molecular complexity index is 234. The number of rotatable bonds is 2. The summed E-state index contributed by atoms with van der Waals surface area (Å²) < 4.78 is 0. The van der Waals surface area contributed by atoms with Crippen LogP contribution >= 0.6 is 0 Å². The van der Waals surface area contributed by atoms with Crippen molar-refractivity contribution in [3.8, 4) is 0 Å². The Hall–Kier alpha value is -1.31. The Morgan fingerprint density at radius 2 is 2.36 bits per heavy atom. The van der Waals surface area contributed by atoms with Gasteiger partial charge >= 0.3 is 5.97 Å². The molecule has 2 heteroatoms. The molecule has 58 valence electrons. The Morgan fingerprint density at radius 1 is 1.55 bits per heavy atom. The number of aliphatic carboxylic acids is 1. The summed E-state index contributed by atoms with van der Waals surface area (Å²) in [6.45, 7) is 0. The van der Waals surface area contributed by atoms with E-state index in [9.17, 15) is 4.79 Å². The van der Waals surface area contributed by atoms with E-state index in [2.05, 4.69) is 6.08 Å². The SMILES string of the molecule is O=C(O)/C=C/C1=CCC=CC1. The van der Waals surface area contributed by atoms with Crippen molar-refractivity contribution in [1.29, 1.82) is 0 Å². The number of hydrogen-bond donors (Lipinski definition) is 1. The van der Waals surface area contributed by atoms with E-state index in [4.69, 9.17) is 5.11 Å². The molecule has 0 bridgehead atoms. The molecule has 0 atom stereocenters. The second-order valence-electron chi connectivity index (χ2n) is 2.36. The van der Waals surface area contributed by atoms with Gasteiger partial charge in [-0.05, 0) is 18.4 Å². The molecule has 0 aromatic heterocycles. The highest BCUT2D eigenvalue weighted by Gasteiger charge is 1.94. The van der Waals surface area contributed by atoms with Gasteiger partial charge in [-0.3, -0.25) is 0 Å². The first-order chi connectivity index (χ1) is 5.29. The normalized spacial score (nSPS) is 16.9. The molecule has 0 amide bonds. The Labute approximate surface area is 65.5 Å². The van der Waals surface area contributed by atoms with Gasteiger partial charge in [0, 0.05) is 6.08 Å². The van der Waals surface area contributed by atoms with Crippen LogP contribution in [0.3, 0.4) is 0 Å². The van der Waals surface area contributed by atoms with E-state index in [-0.39, 0.29) is 0 Å². The van der Waals surface area contributed by atoms with Crippen LogP contribution in [0.2, 0.25) is 0 Å². The fourth-order valence-corrected chi connectivity index (χ4v) is 0.933. The van der Waals surface area contributed by atoms with Crippen molar-refractivity contribution in [2.75, 3.05) is 0 Å². The highest BCUT2D eigenvalue weighted by molar-refractivity contribution is 5.80. The molecule has 0 unspecified atom stereocenters. The summed E-state index contributed by atoms with van der Waals surface area (Å²) in [5.41, 5.74) is 1.08. The third-order valence-corrected chi connectivity index (χ3v) is 1.48. The van der Waals surface area contributed by atoms with Crippen LogP contribution in [0, 0.1) is 0 Å². The zero-order valence-electron chi connectivity index (χ0n) is 6.16. The maximum atomic E-state index is 10.1. The molecule has 11 heavy (non-hydrogen) atoms. The minimum Gasteiger partial charge on any atom is -0.478 e. The molecule has 1 aliphatic rings. The van der Waals surface area contributed by atoms with E-state index in [1.165, 1.54) is 6.08 Å². The van der Waals surface area contributed by atoms with Crippen molar-refractivity contribution in [3.63, 3.8) is 0 Å². The Balaban J connectivity index is 2.49. The topological polar surface area (TPSA) is 37.3 Å². The lowest BCUT2D eigenvalue weighted by molar-refractivity contribution is -0.131. The van der Waals surface area contributed by atoms with E-state index >= 15 is 0 Å². The van der Waals surface area contributed by atoms with Crippen LogP contribution in [0.1, 0.15) is 12.8 Å². The summed E-state index contributed by atoms with van der Waals surface area (Å²) >= 11 is 0. The summed E-state index contributed by atoms with van der Waals surface area (Å²) in [6.07, 6.45) is 10.7. The van der Waals surface area contributed by atoms with Gasteiger partial charge < -0.3 is 5.11 Å². The van der Waals surface area contributed by atoms with Crippen LogP contribution in [0.4, 0.5) is 0 Å². The van der Waals surface area contributed by atoms with Gasteiger partial charge in [-0.25, -0.2) is 4.79 Å². The molecule has 2 nitrogen and oxygen atoms in total. The monoisotopic (exact) mass is 150 g/mol. The van der Waals surface area contributed by atoms with E-state index in [0.29, 0.717) is 0 Å². The molecule has 0 aliphatic heterocycles. The van der Waals surface area contributed by atoms with Crippen LogP contribution in [0.5, 0.6) is 0 Å². The van der Waals surface area contributed by atoms with Crippen molar-refractivity contribution in [3.05, 3.63) is 36.0 Å². The minimum atomic E-state index is -0.888. The average molecular weight is 150 g/mol. The van der Waals surface area contributed by atoms with Crippen LogP contribution in [0.15, 0.2) is 36.0 Å². The summed E-state index contributed by atoms with van der Waals surface area (Å²) in [4.78, 5) is 10.1. The van der Waals surface area contributed by atoms with Gasteiger partial charge in [0.15, 0.2) is 0 Å². The number of hydrogen-bond acceptors (Lipinski definition) is 1. The zero-order chi connectivity index (χ0) is 8.10. The summed E-state index contributed by atoms with van der Waals surface area (Å²) in [7, 11) is 0. The number of allylic oxidation sites excluding steroid dienone is 5. The van der Waals surface area contributed by atoms with Crippen molar-refractivity contribution >= 4 is 5.97 Å². The molecule has 0 fully saturated rings. The minimum absolute atomic E-state index is 0.851. The smallest absolute Gasteiger partial charge is 0.328 e. The zero-order valence-corrected chi connectivity index (χ0v) is 6.16. The highest BCUT2D eigenvalue weighted by Crippen LogP contribution is 2.11. The first-order valence-electron chi connectivity index (χ1n) is 3.54. The Morgan fingerprint density at radius 3 is 2.91 bits per heavy atom. The highest BCUT2D eigenvalue weighted by atomic mass is 16.4. The second kappa shape index (κ2) is 3.76. The van der Waals surface area contributed by atoms with Gasteiger partial charge in [-0.1, -0.05) is 24.3 Å². The maximum absolute atomic E-state index is 10.1. The summed E-state index contributed by atoms with van der Waals surface area (Å²) in [6, 6.07) is 0. The van der Waals surface area contributed by atoms with E-state index < -0.39 is 5.97 Å². The van der Waals surface area contributed by atoms with Crippen molar-refractivity contribution in [2.45, 2.75) is 12.8 Å². The lowest BCUT2D eigenvalue weighted by Gasteiger charge is -2.00. The molecule has 0 saturated carbocycles. The quantitative estimate of drug-likeness (QED) is 0.482. The van der Waals surface area contributed by atoms with Gasteiger partial charge in [0.1, 0.15) is 0 Å². The molecule has 0 heterocycles. The Kier molecular flexibility index (Phi) is 2.66. The maximum Gasteiger partial charge on any atom is 0.328 e. The first kappa shape index (κ1) is 7.79. The van der Waals surface area contributed by atoms with Crippen LogP contribution in [-0.2, 0) is 4.79 Å².